The third kappa shape index (κ3) is 4.32. The summed E-state index contributed by atoms with van der Waals surface area (Å²) < 4.78 is 5.19. The first-order chi connectivity index (χ1) is 11.0. The Morgan fingerprint density at radius 2 is 1.87 bits per heavy atom. The zero-order valence-corrected chi connectivity index (χ0v) is 13.1. The molecule has 0 saturated heterocycles. The smallest absolute Gasteiger partial charge is 0.224 e. The monoisotopic (exact) mass is 313 g/mol. The molecule has 2 aromatic carbocycles. The van der Waals surface area contributed by atoms with Crippen molar-refractivity contribution in [2.75, 3.05) is 12.4 Å². The van der Waals surface area contributed by atoms with Gasteiger partial charge in [-0.15, -0.1) is 0 Å². The molecule has 1 amide bonds. The summed E-state index contributed by atoms with van der Waals surface area (Å²) in [6, 6.07) is 11.8. The Hall–Kier alpha value is -2.82. The van der Waals surface area contributed by atoms with Crippen molar-refractivity contribution in [3.05, 3.63) is 53.6 Å². The van der Waals surface area contributed by atoms with Gasteiger partial charge in [0.15, 0.2) is 5.78 Å². The molecule has 0 aromatic heterocycles. The first-order valence-corrected chi connectivity index (χ1v) is 7.27. The molecule has 0 aliphatic heterocycles. The fourth-order valence-corrected chi connectivity index (χ4v) is 2.19. The van der Waals surface area contributed by atoms with E-state index >= 15 is 0 Å². The van der Waals surface area contributed by atoms with E-state index in [1.54, 1.807) is 30.3 Å². The van der Waals surface area contributed by atoms with Gasteiger partial charge in [-0.05, 0) is 31.2 Å². The second-order valence-electron chi connectivity index (χ2n) is 5.19. The van der Waals surface area contributed by atoms with Gasteiger partial charge in [0.1, 0.15) is 11.5 Å². The number of hydrogen-bond acceptors (Lipinski definition) is 4. The number of benzene rings is 2. The van der Waals surface area contributed by atoms with E-state index in [1.807, 2.05) is 13.0 Å². The molecular formula is C18H19NO4. The standard InChI is InChI=1S/C18H19NO4/c1-12-7-9-17(23-2)13(11-12)15(20)8-10-18(22)19-14-5-3-4-6-16(14)21/h3-7,9,11,21H,8,10H2,1-2H3,(H,19,22). The summed E-state index contributed by atoms with van der Waals surface area (Å²) in [6.07, 6.45) is 0.101. The Balaban J connectivity index is 1.98. The number of Topliss-reactive ketones (excluding diaryl/α,β-unsaturated/α-hetero) is 1. The number of aryl methyl sites for hydroxylation is 1. The van der Waals surface area contributed by atoms with Crippen molar-refractivity contribution >= 4 is 17.4 Å². The maximum atomic E-state index is 12.3. The lowest BCUT2D eigenvalue weighted by molar-refractivity contribution is -0.116. The highest BCUT2D eigenvalue weighted by molar-refractivity contribution is 6.02. The lowest BCUT2D eigenvalue weighted by atomic mass is 10.0. The maximum Gasteiger partial charge on any atom is 0.224 e. The molecule has 2 N–H and O–H groups in total. The summed E-state index contributed by atoms with van der Waals surface area (Å²) >= 11 is 0. The second-order valence-corrected chi connectivity index (χ2v) is 5.19. The summed E-state index contributed by atoms with van der Waals surface area (Å²) in [5.74, 6) is 0.0127. The van der Waals surface area contributed by atoms with Crippen LogP contribution in [0.3, 0.4) is 0 Å². The topological polar surface area (TPSA) is 75.6 Å². The van der Waals surface area contributed by atoms with Gasteiger partial charge in [-0.25, -0.2) is 0 Å². The van der Waals surface area contributed by atoms with E-state index in [9.17, 15) is 14.7 Å². The molecule has 2 rings (SSSR count). The van der Waals surface area contributed by atoms with Crippen molar-refractivity contribution in [3.63, 3.8) is 0 Å². The Kier molecular flexibility index (Phi) is 5.36. The van der Waals surface area contributed by atoms with Crippen LogP contribution in [0.1, 0.15) is 28.8 Å². The molecule has 0 aliphatic carbocycles. The van der Waals surface area contributed by atoms with E-state index in [2.05, 4.69) is 5.32 Å². The number of hydrogen-bond donors (Lipinski definition) is 2. The number of methoxy groups -OCH3 is 1. The molecule has 2 aromatic rings. The van der Waals surface area contributed by atoms with Crippen LogP contribution in [-0.2, 0) is 4.79 Å². The van der Waals surface area contributed by atoms with Crippen LogP contribution in [-0.4, -0.2) is 23.9 Å². The van der Waals surface area contributed by atoms with Gasteiger partial charge in [0.25, 0.3) is 0 Å². The van der Waals surface area contributed by atoms with Crippen LogP contribution in [0, 0.1) is 6.92 Å². The lowest BCUT2D eigenvalue weighted by Gasteiger charge is -2.09. The number of carbonyl (C=O) groups is 2. The van der Waals surface area contributed by atoms with Crippen LogP contribution in [0.2, 0.25) is 0 Å². The van der Waals surface area contributed by atoms with E-state index in [1.165, 1.54) is 13.2 Å². The van der Waals surface area contributed by atoms with E-state index < -0.39 is 0 Å². The minimum Gasteiger partial charge on any atom is -0.506 e. The van der Waals surface area contributed by atoms with Crippen molar-refractivity contribution in [1.82, 2.24) is 0 Å². The number of phenolic OH excluding ortho intramolecular Hbond substituents is 1. The first kappa shape index (κ1) is 16.5. The number of carbonyl (C=O) groups excluding carboxylic acids is 2. The predicted molar refractivity (Wildman–Crippen MR) is 88.0 cm³/mol. The molecule has 0 fully saturated rings. The number of ketones is 1. The average Bonchev–Trinajstić information content (AvgIpc) is 2.54. The molecule has 23 heavy (non-hydrogen) atoms. The summed E-state index contributed by atoms with van der Waals surface area (Å²) in [6.45, 7) is 1.89. The van der Waals surface area contributed by atoms with Crippen LogP contribution >= 0.6 is 0 Å². The summed E-state index contributed by atoms with van der Waals surface area (Å²) in [5, 5.41) is 12.2. The molecule has 0 heterocycles. The Labute approximate surface area is 134 Å². The van der Waals surface area contributed by atoms with Crippen LogP contribution in [0.15, 0.2) is 42.5 Å². The first-order valence-electron chi connectivity index (χ1n) is 7.27. The van der Waals surface area contributed by atoms with Gasteiger partial charge >= 0.3 is 0 Å². The van der Waals surface area contributed by atoms with E-state index in [0.717, 1.165) is 5.56 Å². The number of nitrogens with one attached hydrogen (secondary N) is 1. The minimum atomic E-state index is -0.327. The molecule has 0 unspecified atom stereocenters. The van der Waals surface area contributed by atoms with Gasteiger partial charge in [0, 0.05) is 12.8 Å². The molecular weight excluding hydrogens is 294 g/mol. The highest BCUT2D eigenvalue weighted by atomic mass is 16.5. The zero-order valence-electron chi connectivity index (χ0n) is 13.1. The van der Waals surface area contributed by atoms with Crippen molar-refractivity contribution in [1.29, 1.82) is 0 Å². The highest BCUT2D eigenvalue weighted by Crippen LogP contribution is 2.23. The van der Waals surface area contributed by atoms with Crippen LogP contribution < -0.4 is 10.1 Å². The van der Waals surface area contributed by atoms with Crippen LogP contribution in [0.25, 0.3) is 0 Å². The van der Waals surface area contributed by atoms with Gasteiger partial charge in [0.05, 0.1) is 18.4 Å². The molecule has 5 heteroatoms. The molecule has 0 radical (unpaired) electrons. The van der Waals surface area contributed by atoms with E-state index in [4.69, 9.17) is 4.74 Å². The number of anilines is 1. The molecule has 0 bridgehead atoms. The predicted octanol–water partition coefficient (Wildman–Crippen LogP) is 3.31. The molecule has 0 aliphatic rings. The molecule has 0 spiro atoms. The number of amides is 1. The SMILES string of the molecule is COc1ccc(C)cc1C(=O)CCC(=O)Nc1ccccc1O. The molecule has 0 atom stereocenters. The van der Waals surface area contributed by atoms with Crippen molar-refractivity contribution < 1.29 is 19.4 Å². The van der Waals surface area contributed by atoms with Crippen LogP contribution in [0.5, 0.6) is 11.5 Å². The molecule has 120 valence electrons. The quantitative estimate of drug-likeness (QED) is 0.633. The fourth-order valence-electron chi connectivity index (χ4n) is 2.19. The number of phenols is 1. The highest BCUT2D eigenvalue weighted by Gasteiger charge is 2.15. The van der Waals surface area contributed by atoms with Crippen molar-refractivity contribution in [2.24, 2.45) is 0 Å². The lowest BCUT2D eigenvalue weighted by Crippen LogP contribution is -2.14. The van der Waals surface area contributed by atoms with E-state index in [-0.39, 0.29) is 30.3 Å². The Morgan fingerprint density at radius 1 is 1.13 bits per heavy atom. The Morgan fingerprint density at radius 3 is 2.57 bits per heavy atom. The third-order valence-corrected chi connectivity index (χ3v) is 3.41. The summed E-state index contributed by atoms with van der Waals surface area (Å²) in [4.78, 5) is 24.2. The third-order valence-electron chi connectivity index (χ3n) is 3.41. The molecule has 0 saturated carbocycles. The fraction of sp³-hybridized carbons (Fsp3) is 0.222. The molecule has 5 nitrogen and oxygen atoms in total. The average molecular weight is 313 g/mol. The zero-order chi connectivity index (χ0) is 16.8. The normalized spacial score (nSPS) is 10.2. The van der Waals surface area contributed by atoms with Gasteiger partial charge in [-0.3, -0.25) is 9.59 Å². The minimum absolute atomic E-state index is 0.00692. The number of para-hydroxylation sites is 2. The summed E-state index contributed by atoms with van der Waals surface area (Å²) in [7, 11) is 1.51. The second kappa shape index (κ2) is 7.45. The van der Waals surface area contributed by atoms with Gasteiger partial charge in [-0.1, -0.05) is 23.8 Å². The largest absolute Gasteiger partial charge is 0.506 e. The maximum absolute atomic E-state index is 12.3. The van der Waals surface area contributed by atoms with Gasteiger partial charge in [-0.2, -0.15) is 0 Å². The van der Waals surface area contributed by atoms with Crippen molar-refractivity contribution in [3.8, 4) is 11.5 Å². The Bertz CT molecular complexity index is 725. The van der Waals surface area contributed by atoms with Gasteiger partial charge < -0.3 is 15.2 Å². The van der Waals surface area contributed by atoms with E-state index in [0.29, 0.717) is 17.0 Å². The van der Waals surface area contributed by atoms with Crippen LogP contribution in [0.4, 0.5) is 5.69 Å². The number of rotatable bonds is 6. The van der Waals surface area contributed by atoms with Gasteiger partial charge in [0.2, 0.25) is 5.91 Å². The number of aromatic hydroxyl groups is 1. The summed E-state index contributed by atoms with van der Waals surface area (Å²) in [5.41, 5.74) is 1.76. The van der Waals surface area contributed by atoms with Crippen molar-refractivity contribution in [2.45, 2.75) is 19.8 Å². The number of ether oxygens (including phenoxy) is 1.